The van der Waals surface area contributed by atoms with Crippen molar-refractivity contribution < 1.29 is 9.47 Å². The number of hydrogen-bond acceptors (Lipinski definition) is 4. The second-order valence-electron chi connectivity index (χ2n) is 5.06. The Balaban J connectivity index is 2.69. The Morgan fingerprint density at radius 1 is 1.14 bits per heavy atom. The van der Waals surface area contributed by atoms with Crippen LogP contribution in [0.2, 0.25) is 0 Å². The summed E-state index contributed by atoms with van der Waals surface area (Å²) in [6, 6.07) is 9.98. The molecule has 1 aromatic carbocycles. The van der Waals surface area contributed by atoms with Crippen LogP contribution in [0.1, 0.15) is 17.9 Å². The number of methoxy groups -OCH3 is 2. The highest BCUT2D eigenvalue weighted by Crippen LogP contribution is 2.17. The first kappa shape index (κ1) is 17.6. The van der Waals surface area contributed by atoms with Crippen LogP contribution in [0, 0.1) is 5.41 Å². The van der Waals surface area contributed by atoms with E-state index in [-0.39, 0.29) is 11.8 Å². The van der Waals surface area contributed by atoms with Crippen molar-refractivity contribution in [3.63, 3.8) is 0 Å². The third-order valence-corrected chi connectivity index (χ3v) is 3.45. The Morgan fingerprint density at radius 2 is 1.81 bits per heavy atom. The minimum Gasteiger partial charge on any atom is -0.387 e. The van der Waals surface area contributed by atoms with Crippen LogP contribution in [0.15, 0.2) is 30.3 Å². The van der Waals surface area contributed by atoms with E-state index in [1.165, 1.54) is 0 Å². The number of ether oxygens (including phenoxy) is 2. The molecule has 118 valence electrons. The van der Waals surface area contributed by atoms with Gasteiger partial charge in [-0.25, -0.2) is 0 Å². The van der Waals surface area contributed by atoms with E-state index in [4.69, 9.17) is 20.6 Å². The zero-order valence-electron chi connectivity index (χ0n) is 13.0. The zero-order chi connectivity index (χ0) is 15.5. The van der Waals surface area contributed by atoms with Crippen molar-refractivity contribution in [3.8, 4) is 0 Å². The Bertz CT molecular complexity index is 398. The van der Waals surface area contributed by atoms with Gasteiger partial charge in [-0.3, -0.25) is 10.3 Å². The highest BCUT2D eigenvalue weighted by atomic mass is 16.5. The number of hydrogen-bond donors (Lipinski definition) is 2. The lowest BCUT2D eigenvalue weighted by Gasteiger charge is -2.27. The maximum absolute atomic E-state index is 7.87. The van der Waals surface area contributed by atoms with Gasteiger partial charge in [-0.15, -0.1) is 0 Å². The molecule has 0 aromatic heterocycles. The van der Waals surface area contributed by atoms with Gasteiger partial charge in [-0.05, 0) is 12.0 Å². The Kier molecular flexibility index (Phi) is 8.66. The van der Waals surface area contributed by atoms with Gasteiger partial charge in [0.05, 0.1) is 18.4 Å². The third-order valence-electron chi connectivity index (χ3n) is 3.45. The van der Waals surface area contributed by atoms with Crippen LogP contribution in [-0.2, 0) is 9.47 Å². The van der Waals surface area contributed by atoms with Gasteiger partial charge in [0.15, 0.2) is 0 Å². The second-order valence-corrected chi connectivity index (χ2v) is 5.06. The summed E-state index contributed by atoms with van der Waals surface area (Å²) in [5.74, 6) is 0.126. The molecule has 1 atom stereocenters. The van der Waals surface area contributed by atoms with Gasteiger partial charge in [-0.1, -0.05) is 30.3 Å². The van der Waals surface area contributed by atoms with Gasteiger partial charge in [0.1, 0.15) is 0 Å². The molecule has 0 fully saturated rings. The molecule has 1 unspecified atom stereocenters. The summed E-state index contributed by atoms with van der Waals surface area (Å²) in [7, 11) is 3.41. The largest absolute Gasteiger partial charge is 0.387 e. The predicted octanol–water partition coefficient (Wildman–Crippen LogP) is 1.69. The third kappa shape index (κ3) is 6.71. The topological polar surface area (TPSA) is 71.6 Å². The van der Waals surface area contributed by atoms with Crippen LogP contribution in [0.3, 0.4) is 0 Å². The Hall–Kier alpha value is -1.43. The minimum absolute atomic E-state index is 0.0781. The number of rotatable bonds is 11. The molecule has 21 heavy (non-hydrogen) atoms. The molecule has 0 aliphatic rings. The van der Waals surface area contributed by atoms with Crippen molar-refractivity contribution in [2.75, 3.05) is 47.1 Å². The molecular weight excluding hydrogens is 266 g/mol. The average molecular weight is 293 g/mol. The summed E-state index contributed by atoms with van der Waals surface area (Å²) in [4.78, 5) is 2.28. The van der Waals surface area contributed by atoms with E-state index in [0.717, 1.165) is 38.2 Å². The lowest BCUT2D eigenvalue weighted by Crippen LogP contribution is -2.37. The second kappa shape index (κ2) is 10.3. The number of nitrogens with one attached hydrogen (secondary N) is 1. The van der Waals surface area contributed by atoms with Gasteiger partial charge in [0.2, 0.25) is 0 Å². The molecule has 0 amide bonds. The number of nitrogens with zero attached hydrogens (tertiary/aromatic N) is 1. The monoisotopic (exact) mass is 293 g/mol. The first-order valence-electron chi connectivity index (χ1n) is 7.28. The van der Waals surface area contributed by atoms with Crippen LogP contribution < -0.4 is 5.73 Å². The smallest absolute Gasteiger partial charge is 0.0995 e. The van der Waals surface area contributed by atoms with Crippen molar-refractivity contribution in [1.29, 1.82) is 5.41 Å². The van der Waals surface area contributed by atoms with Gasteiger partial charge >= 0.3 is 0 Å². The average Bonchev–Trinajstić information content (AvgIpc) is 2.50. The number of amidine groups is 1. The van der Waals surface area contributed by atoms with E-state index in [0.29, 0.717) is 6.61 Å². The van der Waals surface area contributed by atoms with Crippen LogP contribution in [0.4, 0.5) is 0 Å². The minimum atomic E-state index is -0.0781. The van der Waals surface area contributed by atoms with E-state index < -0.39 is 0 Å². The quantitative estimate of drug-likeness (QED) is 0.370. The molecule has 0 heterocycles. The highest BCUT2D eigenvalue weighted by molar-refractivity contribution is 5.84. The van der Waals surface area contributed by atoms with Crippen LogP contribution in [0.5, 0.6) is 0 Å². The van der Waals surface area contributed by atoms with Crippen molar-refractivity contribution in [2.24, 2.45) is 5.73 Å². The molecule has 0 aliphatic carbocycles. The fourth-order valence-electron chi connectivity index (χ4n) is 2.27. The van der Waals surface area contributed by atoms with Crippen LogP contribution >= 0.6 is 0 Å². The summed E-state index contributed by atoms with van der Waals surface area (Å²) < 4.78 is 10.3. The molecule has 0 bridgehead atoms. The van der Waals surface area contributed by atoms with Gasteiger partial charge in [0.25, 0.3) is 0 Å². The standard InChI is InChI=1S/C16H27N3O2/c1-20-11-6-9-19(10-12-21-2)13-15(16(17)18)14-7-4-3-5-8-14/h3-5,7-8,15H,6,9-13H2,1-2H3,(H3,17,18). The molecule has 0 aliphatic heterocycles. The predicted molar refractivity (Wildman–Crippen MR) is 85.9 cm³/mol. The van der Waals surface area contributed by atoms with Crippen LogP contribution in [-0.4, -0.2) is 57.8 Å². The van der Waals surface area contributed by atoms with E-state index in [1.807, 2.05) is 30.3 Å². The molecule has 0 saturated heterocycles. The van der Waals surface area contributed by atoms with Crippen molar-refractivity contribution >= 4 is 5.84 Å². The first-order chi connectivity index (χ1) is 10.2. The number of benzene rings is 1. The van der Waals surface area contributed by atoms with Crippen LogP contribution in [0.25, 0.3) is 0 Å². The summed E-state index contributed by atoms with van der Waals surface area (Å²) in [6.07, 6.45) is 0.958. The van der Waals surface area contributed by atoms with Gasteiger partial charge < -0.3 is 15.2 Å². The lowest BCUT2D eigenvalue weighted by atomic mass is 9.97. The van der Waals surface area contributed by atoms with Gasteiger partial charge in [0, 0.05) is 40.5 Å². The molecule has 0 radical (unpaired) electrons. The molecule has 0 saturated carbocycles. The lowest BCUT2D eigenvalue weighted by molar-refractivity contribution is 0.132. The summed E-state index contributed by atoms with van der Waals surface area (Å²) in [5, 5.41) is 7.87. The molecular formula is C16H27N3O2. The van der Waals surface area contributed by atoms with E-state index in [9.17, 15) is 0 Å². The molecule has 5 heteroatoms. The maximum atomic E-state index is 7.87. The van der Waals surface area contributed by atoms with E-state index in [2.05, 4.69) is 4.90 Å². The summed E-state index contributed by atoms with van der Waals surface area (Å²) in [6.45, 7) is 3.88. The molecule has 1 rings (SSSR count). The van der Waals surface area contributed by atoms with Crippen molar-refractivity contribution in [3.05, 3.63) is 35.9 Å². The molecule has 1 aromatic rings. The molecule has 3 N–H and O–H groups in total. The Labute approximate surface area is 127 Å². The van der Waals surface area contributed by atoms with Gasteiger partial charge in [-0.2, -0.15) is 0 Å². The van der Waals surface area contributed by atoms with E-state index >= 15 is 0 Å². The summed E-state index contributed by atoms with van der Waals surface area (Å²) in [5.41, 5.74) is 6.88. The maximum Gasteiger partial charge on any atom is 0.0995 e. The highest BCUT2D eigenvalue weighted by Gasteiger charge is 2.18. The Morgan fingerprint density at radius 3 is 2.38 bits per heavy atom. The first-order valence-corrected chi connectivity index (χ1v) is 7.28. The molecule has 5 nitrogen and oxygen atoms in total. The SMILES string of the molecule is COCCCN(CCOC)CC(C(=N)N)c1ccccc1. The number of nitrogens with two attached hydrogens (primary N) is 1. The summed E-state index contributed by atoms with van der Waals surface area (Å²) >= 11 is 0. The zero-order valence-corrected chi connectivity index (χ0v) is 13.0. The van der Waals surface area contributed by atoms with Crippen molar-refractivity contribution in [2.45, 2.75) is 12.3 Å². The van der Waals surface area contributed by atoms with E-state index in [1.54, 1.807) is 14.2 Å². The normalized spacial score (nSPS) is 12.5. The fraction of sp³-hybridized carbons (Fsp3) is 0.562. The fourth-order valence-corrected chi connectivity index (χ4v) is 2.27. The molecule has 0 spiro atoms. The van der Waals surface area contributed by atoms with Crippen molar-refractivity contribution in [1.82, 2.24) is 4.90 Å².